The minimum absolute atomic E-state index is 0.284. The van der Waals surface area contributed by atoms with Crippen molar-refractivity contribution in [3.05, 3.63) is 48.6 Å². The normalized spacial score (nSPS) is 11.8. The lowest BCUT2D eigenvalue weighted by Crippen LogP contribution is -2.28. The van der Waals surface area contributed by atoms with Gasteiger partial charge in [0, 0.05) is 7.05 Å². The van der Waals surface area contributed by atoms with Gasteiger partial charge in [-0.15, -0.1) is 6.58 Å². The van der Waals surface area contributed by atoms with Crippen molar-refractivity contribution in [3.63, 3.8) is 0 Å². The monoisotopic (exact) mass is 191 g/mol. The summed E-state index contributed by atoms with van der Waals surface area (Å²) < 4.78 is 0. The molecule has 3 heteroatoms. The van der Waals surface area contributed by atoms with Crippen molar-refractivity contribution in [1.29, 1.82) is 0 Å². The fourth-order valence-corrected chi connectivity index (χ4v) is 1.29. The van der Waals surface area contributed by atoms with E-state index >= 15 is 0 Å². The van der Waals surface area contributed by atoms with E-state index in [0.29, 0.717) is 0 Å². The maximum atomic E-state index is 10.8. The van der Waals surface area contributed by atoms with E-state index in [1.54, 1.807) is 6.08 Å². The van der Waals surface area contributed by atoms with Crippen LogP contribution < -0.4 is 0 Å². The van der Waals surface area contributed by atoms with Crippen LogP contribution in [0.3, 0.4) is 0 Å². The summed E-state index contributed by atoms with van der Waals surface area (Å²) in [6, 6.07) is 9.12. The number of likely N-dealkylation sites (N-methyl/N-ethyl adjacent to an activating group) is 1. The molecule has 0 aliphatic carbocycles. The number of carboxylic acid groups (broad SMARTS) is 1. The van der Waals surface area contributed by atoms with Gasteiger partial charge in [-0.05, 0) is 5.56 Å². The first-order valence-corrected chi connectivity index (χ1v) is 4.30. The molecular weight excluding hydrogens is 178 g/mol. The zero-order valence-corrected chi connectivity index (χ0v) is 8.05. The molecule has 1 aromatic rings. The van der Waals surface area contributed by atoms with Crippen molar-refractivity contribution < 1.29 is 9.90 Å². The summed E-state index contributed by atoms with van der Waals surface area (Å²) in [7, 11) is 1.53. The Bertz CT molecular complexity index is 321. The lowest BCUT2D eigenvalue weighted by Gasteiger charge is -2.22. The number of hydrogen-bond acceptors (Lipinski definition) is 1. The van der Waals surface area contributed by atoms with Crippen LogP contribution in [-0.4, -0.2) is 23.1 Å². The predicted molar refractivity (Wildman–Crippen MR) is 55.2 cm³/mol. The molecule has 0 heterocycles. The minimum atomic E-state index is -0.959. The number of carbonyl (C=O) groups is 1. The van der Waals surface area contributed by atoms with E-state index in [1.807, 2.05) is 30.3 Å². The number of benzene rings is 1. The molecule has 0 saturated carbocycles. The van der Waals surface area contributed by atoms with Crippen molar-refractivity contribution >= 4 is 6.09 Å². The third-order valence-corrected chi connectivity index (χ3v) is 2.08. The molecule has 1 amide bonds. The molecule has 3 nitrogen and oxygen atoms in total. The SMILES string of the molecule is C=CC(c1ccccc1)N(C)C(=O)O. The van der Waals surface area contributed by atoms with Crippen LogP contribution in [0.4, 0.5) is 4.79 Å². The van der Waals surface area contributed by atoms with Crippen LogP contribution in [0.25, 0.3) is 0 Å². The summed E-state index contributed by atoms with van der Waals surface area (Å²) >= 11 is 0. The molecule has 0 spiro atoms. The molecule has 0 saturated heterocycles. The Hall–Kier alpha value is -1.77. The van der Waals surface area contributed by atoms with Gasteiger partial charge in [-0.1, -0.05) is 36.4 Å². The fourth-order valence-electron chi connectivity index (χ4n) is 1.29. The van der Waals surface area contributed by atoms with Gasteiger partial charge >= 0.3 is 6.09 Å². The Balaban J connectivity index is 2.93. The third-order valence-electron chi connectivity index (χ3n) is 2.08. The van der Waals surface area contributed by atoms with Crippen LogP contribution in [0.2, 0.25) is 0 Å². The van der Waals surface area contributed by atoms with E-state index in [9.17, 15) is 4.79 Å². The van der Waals surface area contributed by atoms with E-state index in [-0.39, 0.29) is 6.04 Å². The predicted octanol–water partition coefficient (Wildman–Crippen LogP) is 2.52. The van der Waals surface area contributed by atoms with Crippen molar-refractivity contribution in [2.75, 3.05) is 7.05 Å². The summed E-state index contributed by atoms with van der Waals surface area (Å²) in [4.78, 5) is 12.0. The minimum Gasteiger partial charge on any atom is -0.465 e. The highest BCUT2D eigenvalue weighted by molar-refractivity contribution is 5.65. The van der Waals surface area contributed by atoms with Gasteiger partial charge in [0.25, 0.3) is 0 Å². The van der Waals surface area contributed by atoms with Crippen LogP contribution in [0, 0.1) is 0 Å². The molecule has 1 N–H and O–H groups in total. The van der Waals surface area contributed by atoms with Gasteiger partial charge in [-0.25, -0.2) is 4.79 Å². The van der Waals surface area contributed by atoms with Crippen molar-refractivity contribution in [2.45, 2.75) is 6.04 Å². The molecule has 1 atom stereocenters. The third kappa shape index (κ3) is 2.13. The smallest absolute Gasteiger partial charge is 0.407 e. The highest BCUT2D eigenvalue weighted by Gasteiger charge is 2.16. The largest absolute Gasteiger partial charge is 0.465 e. The Morgan fingerprint density at radius 2 is 2.07 bits per heavy atom. The molecule has 0 bridgehead atoms. The summed E-state index contributed by atoms with van der Waals surface area (Å²) in [5, 5.41) is 8.82. The summed E-state index contributed by atoms with van der Waals surface area (Å²) in [6.45, 7) is 3.64. The number of nitrogens with zero attached hydrogens (tertiary/aromatic N) is 1. The molecule has 0 aliphatic heterocycles. The zero-order chi connectivity index (χ0) is 10.6. The van der Waals surface area contributed by atoms with Gasteiger partial charge in [0.05, 0.1) is 6.04 Å². The summed E-state index contributed by atoms with van der Waals surface area (Å²) in [6.07, 6.45) is 0.655. The topological polar surface area (TPSA) is 40.5 Å². The first-order valence-electron chi connectivity index (χ1n) is 4.30. The molecule has 1 aromatic carbocycles. The standard InChI is InChI=1S/C11H13NO2/c1-3-10(12(2)11(13)14)9-7-5-4-6-8-9/h3-8,10H,1H2,2H3,(H,13,14). The summed E-state index contributed by atoms with van der Waals surface area (Å²) in [5.41, 5.74) is 0.924. The maximum Gasteiger partial charge on any atom is 0.407 e. The quantitative estimate of drug-likeness (QED) is 0.746. The fraction of sp³-hybridized carbons (Fsp3) is 0.182. The van der Waals surface area contributed by atoms with Gasteiger partial charge in [0.2, 0.25) is 0 Å². The van der Waals surface area contributed by atoms with Crippen LogP contribution in [-0.2, 0) is 0 Å². The molecule has 1 rings (SSSR count). The molecule has 0 radical (unpaired) electrons. The van der Waals surface area contributed by atoms with Crippen LogP contribution >= 0.6 is 0 Å². The second-order valence-electron chi connectivity index (χ2n) is 2.98. The second kappa shape index (κ2) is 4.46. The molecular formula is C11H13NO2. The van der Waals surface area contributed by atoms with Gasteiger partial charge < -0.3 is 10.0 Å². The lowest BCUT2D eigenvalue weighted by atomic mass is 10.1. The van der Waals surface area contributed by atoms with E-state index in [1.165, 1.54) is 11.9 Å². The highest BCUT2D eigenvalue weighted by Crippen LogP contribution is 2.19. The van der Waals surface area contributed by atoms with Gasteiger partial charge in [0.1, 0.15) is 0 Å². The Kier molecular flexibility index (Phi) is 3.29. The summed E-state index contributed by atoms with van der Waals surface area (Å²) in [5.74, 6) is 0. The Morgan fingerprint density at radius 1 is 1.50 bits per heavy atom. The van der Waals surface area contributed by atoms with Crippen molar-refractivity contribution in [3.8, 4) is 0 Å². The lowest BCUT2D eigenvalue weighted by molar-refractivity contribution is 0.146. The number of hydrogen-bond donors (Lipinski definition) is 1. The second-order valence-corrected chi connectivity index (χ2v) is 2.98. The maximum absolute atomic E-state index is 10.8. The number of rotatable bonds is 3. The van der Waals surface area contributed by atoms with Crippen molar-refractivity contribution in [1.82, 2.24) is 4.90 Å². The molecule has 14 heavy (non-hydrogen) atoms. The van der Waals surface area contributed by atoms with E-state index in [2.05, 4.69) is 6.58 Å². The molecule has 1 unspecified atom stereocenters. The van der Waals surface area contributed by atoms with Crippen LogP contribution in [0.5, 0.6) is 0 Å². The van der Waals surface area contributed by atoms with Crippen molar-refractivity contribution in [2.24, 2.45) is 0 Å². The van der Waals surface area contributed by atoms with Gasteiger partial charge in [0.15, 0.2) is 0 Å². The molecule has 0 aliphatic rings. The first-order chi connectivity index (χ1) is 6.66. The molecule has 74 valence electrons. The number of amides is 1. The first kappa shape index (κ1) is 10.3. The average molecular weight is 191 g/mol. The van der Waals surface area contributed by atoms with Gasteiger partial charge in [-0.3, -0.25) is 0 Å². The van der Waals surface area contributed by atoms with E-state index in [4.69, 9.17) is 5.11 Å². The van der Waals surface area contributed by atoms with Gasteiger partial charge in [-0.2, -0.15) is 0 Å². The van der Waals surface area contributed by atoms with Crippen LogP contribution in [0.1, 0.15) is 11.6 Å². The highest BCUT2D eigenvalue weighted by atomic mass is 16.4. The average Bonchev–Trinajstić information content (AvgIpc) is 2.20. The van der Waals surface area contributed by atoms with E-state index in [0.717, 1.165) is 5.56 Å². The van der Waals surface area contributed by atoms with E-state index < -0.39 is 6.09 Å². The molecule has 0 fully saturated rings. The Morgan fingerprint density at radius 3 is 2.50 bits per heavy atom. The molecule has 0 aromatic heterocycles. The Labute approximate surface area is 83.3 Å². The van der Waals surface area contributed by atoms with Crippen LogP contribution in [0.15, 0.2) is 43.0 Å². The zero-order valence-electron chi connectivity index (χ0n) is 8.05.